The van der Waals surface area contributed by atoms with Crippen LogP contribution in [0.3, 0.4) is 0 Å². The maximum absolute atomic E-state index is 5.81. The molecule has 0 saturated carbocycles. The number of ether oxygens (including phenoxy) is 1. The van der Waals surface area contributed by atoms with Gasteiger partial charge in [0.15, 0.2) is 0 Å². The average molecular weight is 321 g/mol. The van der Waals surface area contributed by atoms with Crippen LogP contribution in [0.25, 0.3) is 0 Å². The predicted molar refractivity (Wildman–Crippen MR) is 88.3 cm³/mol. The number of halogens is 2. The summed E-state index contributed by atoms with van der Waals surface area (Å²) in [5, 5.41) is 0. The van der Waals surface area contributed by atoms with Gasteiger partial charge in [0.05, 0.1) is 6.20 Å². The van der Waals surface area contributed by atoms with Gasteiger partial charge in [-0.25, -0.2) is 0 Å². The number of likely N-dealkylation sites (N-methyl/N-ethyl adjacent to an activating group) is 1. The normalized spacial score (nSPS) is 21.9. The summed E-state index contributed by atoms with van der Waals surface area (Å²) >= 11 is 0. The fourth-order valence-corrected chi connectivity index (χ4v) is 2.70. The zero-order chi connectivity index (χ0) is 12.8. The first-order valence-electron chi connectivity index (χ1n) is 7.06. The number of hydrogen-bond donors (Lipinski definition) is 0. The van der Waals surface area contributed by atoms with E-state index in [1.54, 1.807) is 12.4 Å². The van der Waals surface area contributed by atoms with E-state index in [0.29, 0.717) is 6.04 Å². The van der Waals surface area contributed by atoms with Crippen LogP contribution in [-0.2, 0) is 0 Å². The molecule has 1 aromatic rings. The maximum atomic E-state index is 5.81. The van der Waals surface area contributed by atoms with Gasteiger partial charge >= 0.3 is 0 Å². The minimum atomic E-state index is 0. The van der Waals surface area contributed by atoms with Crippen molar-refractivity contribution < 1.29 is 4.74 Å². The fraction of sp³-hybridized carbons (Fsp3) is 0.667. The molecule has 0 spiro atoms. The summed E-state index contributed by atoms with van der Waals surface area (Å²) in [5.74, 6) is 0.878. The van der Waals surface area contributed by atoms with Gasteiger partial charge in [-0.15, -0.1) is 24.8 Å². The van der Waals surface area contributed by atoms with E-state index in [1.165, 1.54) is 32.1 Å². The monoisotopic (exact) mass is 320 g/mol. The first kappa shape index (κ1) is 19.5. The largest absolute Gasteiger partial charge is 0.490 e. The third kappa shape index (κ3) is 5.47. The number of hydrogen-bond acceptors (Lipinski definition) is 3. The fourth-order valence-electron chi connectivity index (χ4n) is 2.70. The second-order valence-electron chi connectivity index (χ2n) is 5.19. The van der Waals surface area contributed by atoms with Gasteiger partial charge in [-0.2, -0.15) is 0 Å². The SMILES string of the molecule is CCCCC1CCC(COc2cccnc2)N1C.Cl.Cl. The molecular formula is C15H26Cl2N2O. The Bertz CT molecular complexity index is 351. The van der Waals surface area contributed by atoms with Crippen LogP contribution in [0.4, 0.5) is 0 Å². The Kier molecular flexibility index (Phi) is 9.99. The van der Waals surface area contributed by atoms with E-state index in [1.807, 2.05) is 12.1 Å². The quantitative estimate of drug-likeness (QED) is 0.793. The van der Waals surface area contributed by atoms with Crippen molar-refractivity contribution in [1.82, 2.24) is 9.88 Å². The van der Waals surface area contributed by atoms with Gasteiger partial charge in [-0.1, -0.05) is 19.8 Å². The summed E-state index contributed by atoms with van der Waals surface area (Å²) < 4.78 is 5.81. The minimum absolute atomic E-state index is 0. The van der Waals surface area contributed by atoms with Gasteiger partial charge in [0.1, 0.15) is 12.4 Å². The number of aromatic nitrogens is 1. The highest BCUT2D eigenvalue weighted by Crippen LogP contribution is 2.26. The van der Waals surface area contributed by atoms with E-state index in [2.05, 4.69) is 23.9 Å². The van der Waals surface area contributed by atoms with Crippen molar-refractivity contribution in [3.05, 3.63) is 24.5 Å². The summed E-state index contributed by atoms with van der Waals surface area (Å²) in [6.07, 6.45) is 10.1. The van der Waals surface area contributed by atoms with Gasteiger partial charge in [-0.05, 0) is 38.4 Å². The Labute approximate surface area is 134 Å². The third-order valence-electron chi connectivity index (χ3n) is 3.95. The molecule has 2 unspecified atom stereocenters. The lowest BCUT2D eigenvalue weighted by Crippen LogP contribution is -2.36. The van der Waals surface area contributed by atoms with Gasteiger partial charge in [0.2, 0.25) is 0 Å². The molecule has 1 aromatic heterocycles. The highest BCUT2D eigenvalue weighted by Gasteiger charge is 2.30. The van der Waals surface area contributed by atoms with Crippen molar-refractivity contribution in [2.24, 2.45) is 0 Å². The molecule has 0 aliphatic carbocycles. The van der Waals surface area contributed by atoms with Crippen LogP contribution in [0.2, 0.25) is 0 Å². The van der Waals surface area contributed by atoms with E-state index in [-0.39, 0.29) is 24.8 Å². The lowest BCUT2D eigenvalue weighted by Gasteiger charge is -2.25. The van der Waals surface area contributed by atoms with Crippen LogP contribution in [0, 0.1) is 0 Å². The molecule has 2 heterocycles. The predicted octanol–water partition coefficient (Wildman–Crippen LogP) is 3.96. The summed E-state index contributed by atoms with van der Waals surface area (Å²) in [6, 6.07) is 5.20. The van der Waals surface area contributed by atoms with Crippen LogP contribution >= 0.6 is 24.8 Å². The Balaban J connectivity index is 0.00000180. The number of nitrogens with zero attached hydrogens (tertiary/aromatic N) is 2. The number of rotatable bonds is 6. The average Bonchev–Trinajstić information content (AvgIpc) is 2.76. The highest BCUT2D eigenvalue weighted by atomic mass is 35.5. The molecule has 3 nitrogen and oxygen atoms in total. The zero-order valence-corrected chi connectivity index (χ0v) is 14.0. The Morgan fingerprint density at radius 2 is 2.05 bits per heavy atom. The number of likely N-dealkylation sites (tertiary alicyclic amines) is 1. The van der Waals surface area contributed by atoms with Gasteiger partial charge < -0.3 is 4.74 Å². The Morgan fingerprint density at radius 1 is 1.30 bits per heavy atom. The molecule has 0 radical (unpaired) electrons. The molecule has 0 bridgehead atoms. The van der Waals surface area contributed by atoms with E-state index >= 15 is 0 Å². The van der Waals surface area contributed by atoms with Crippen LogP contribution in [0.5, 0.6) is 5.75 Å². The van der Waals surface area contributed by atoms with Crippen molar-refractivity contribution in [2.75, 3.05) is 13.7 Å². The first-order chi connectivity index (χ1) is 8.81. The molecule has 0 aromatic carbocycles. The Morgan fingerprint density at radius 3 is 2.70 bits per heavy atom. The van der Waals surface area contributed by atoms with Crippen molar-refractivity contribution in [3.63, 3.8) is 0 Å². The molecular weight excluding hydrogens is 295 g/mol. The molecule has 1 saturated heterocycles. The van der Waals surface area contributed by atoms with Gasteiger partial charge in [0, 0.05) is 18.3 Å². The molecule has 1 aliphatic heterocycles. The van der Waals surface area contributed by atoms with Crippen LogP contribution < -0.4 is 4.74 Å². The molecule has 116 valence electrons. The third-order valence-corrected chi connectivity index (χ3v) is 3.95. The molecule has 5 heteroatoms. The van der Waals surface area contributed by atoms with E-state index < -0.39 is 0 Å². The van der Waals surface area contributed by atoms with Crippen molar-refractivity contribution in [1.29, 1.82) is 0 Å². The summed E-state index contributed by atoms with van der Waals surface area (Å²) in [6.45, 7) is 3.04. The van der Waals surface area contributed by atoms with Crippen LogP contribution in [0.15, 0.2) is 24.5 Å². The second-order valence-corrected chi connectivity index (χ2v) is 5.19. The van der Waals surface area contributed by atoms with Crippen molar-refractivity contribution in [3.8, 4) is 5.75 Å². The summed E-state index contributed by atoms with van der Waals surface area (Å²) in [7, 11) is 2.24. The lowest BCUT2D eigenvalue weighted by molar-refractivity contribution is 0.163. The Hall–Kier alpha value is -0.510. The van der Waals surface area contributed by atoms with Crippen molar-refractivity contribution in [2.45, 2.75) is 51.1 Å². The molecule has 2 rings (SSSR count). The zero-order valence-electron chi connectivity index (χ0n) is 12.3. The standard InChI is InChI=1S/C15H24N2O.2ClH/c1-3-4-6-13-8-9-14(17(13)2)12-18-15-7-5-10-16-11-15;;/h5,7,10-11,13-14H,3-4,6,8-9,12H2,1-2H3;2*1H. The van der Waals surface area contributed by atoms with Gasteiger partial charge in [0.25, 0.3) is 0 Å². The smallest absolute Gasteiger partial charge is 0.137 e. The summed E-state index contributed by atoms with van der Waals surface area (Å²) in [4.78, 5) is 6.57. The van der Waals surface area contributed by atoms with Crippen LogP contribution in [-0.4, -0.2) is 35.6 Å². The van der Waals surface area contributed by atoms with Crippen molar-refractivity contribution >= 4 is 24.8 Å². The van der Waals surface area contributed by atoms with E-state index in [0.717, 1.165) is 18.4 Å². The topological polar surface area (TPSA) is 25.4 Å². The molecule has 1 aliphatic rings. The van der Waals surface area contributed by atoms with Gasteiger partial charge in [-0.3, -0.25) is 9.88 Å². The molecule has 1 fully saturated rings. The lowest BCUT2D eigenvalue weighted by atomic mass is 10.1. The first-order valence-corrected chi connectivity index (χ1v) is 7.06. The highest BCUT2D eigenvalue weighted by molar-refractivity contribution is 5.85. The summed E-state index contributed by atoms with van der Waals surface area (Å²) in [5.41, 5.74) is 0. The van der Waals surface area contributed by atoms with E-state index in [9.17, 15) is 0 Å². The van der Waals surface area contributed by atoms with E-state index in [4.69, 9.17) is 4.74 Å². The maximum Gasteiger partial charge on any atom is 0.137 e. The molecule has 0 amide bonds. The molecule has 2 atom stereocenters. The van der Waals surface area contributed by atoms with Crippen LogP contribution in [0.1, 0.15) is 39.0 Å². The number of unbranched alkanes of at least 4 members (excludes halogenated alkanes) is 1. The molecule has 0 N–H and O–H groups in total. The minimum Gasteiger partial charge on any atom is -0.490 e. The molecule has 20 heavy (non-hydrogen) atoms. The number of pyridine rings is 1. The second kappa shape index (κ2) is 10.3.